The standard InChI is InChI=1S/C12H16FNO3/c1-8(2)17-11-6-9(13)4-5-10(11)16-7-12(15)14-3/h4-6,8H,7H2,1-3H3,(H,14,15). The van der Waals surface area contributed by atoms with E-state index in [0.29, 0.717) is 11.5 Å². The first kappa shape index (κ1) is 13.3. The number of rotatable bonds is 5. The topological polar surface area (TPSA) is 47.6 Å². The van der Waals surface area contributed by atoms with E-state index in [1.807, 2.05) is 13.8 Å². The summed E-state index contributed by atoms with van der Waals surface area (Å²) in [5.41, 5.74) is 0. The number of carbonyl (C=O) groups excluding carboxylic acids is 1. The Hall–Kier alpha value is -1.78. The number of hydrogen-bond acceptors (Lipinski definition) is 3. The van der Waals surface area contributed by atoms with Crippen molar-refractivity contribution in [1.82, 2.24) is 5.32 Å². The molecule has 17 heavy (non-hydrogen) atoms. The van der Waals surface area contributed by atoms with Gasteiger partial charge in [-0.2, -0.15) is 0 Å². The lowest BCUT2D eigenvalue weighted by Crippen LogP contribution is -2.25. The van der Waals surface area contributed by atoms with Gasteiger partial charge < -0.3 is 14.8 Å². The van der Waals surface area contributed by atoms with Crippen molar-refractivity contribution < 1.29 is 18.7 Å². The molecule has 0 unspecified atom stereocenters. The van der Waals surface area contributed by atoms with Gasteiger partial charge in [-0.25, -0.2) is 4.39 Å². The summed E-state index contributed by atoms with van der Waals surface area (Å²) in [5.74, 6) is -0.0228. The Kier molecular flexibility index (Phi) is 4.75. The van der Waals surface area contributed by atoms with Crippen LogP contribution in [-0.4, -0.2) is 25.7 Å². The van der Waals surface area contributed by atoms with Gasteiger partial charge in [-0.05, 0) is 26.0 Å². The zero-order chi connectivity index (χ0) is 12.8. The molecule has 1 N–H and O–H groups in total. The van der Waals surface area contributed by atoms with Gasteiger partial charge in [0.05, 0.1) is 6.10 Å². The van der Waals surface area contributed by atoms with Gasteiger partial charge in [-0.15, -0.1) is 0 Å². The fourth-order valence-corrected chi connectivity index (χ4v) is 1.16. The van der Waals surface area contributed by atoms with E-state index in [4.69, 9.17) is 9.47 Å². The summed E-state index contributed by atoms with van der Waals surface area (Å²) in [7, 11) is 1.52. The van der Waals surface area contributed by atoms with Crippen molar-refractivity contribution in [3.63, 3.8) is 0 Å². The third-order valence-corrected chi connectivity index (χ3v) is 1.91. The van der Waals surface area contributed by atoms with Gasteiger partial charge in [0.1, 0.15) is 5.82 Å². The minimum atomic E-state index is -0.409. The number of benzene rings is 1. The normalized spacial score (nSPS) is 10.2. The molecule has 0 saturated carbocycles. The minimum Gasteiger partial charge on any atom is -0.487 e. The number of ether oxygens (including phenoxy) is 2. The van der Waals surface area contributed by atoms with Gasteiger partial charge in [-0.1, -0.05) is 0 Å². The quantitative estimate of drug-likeness (QED) is 0.854. The maximum Gasteiger partial charge on any atom is 0.257 e. The van der Waals surface area contributed by atoms with Crippen LogP contribution in [0.25, 0.3) is 0 Å². The highest BCUT2D eigenvalue weighted by Crippen LogP contribution is 2.28. The SMILES string of the molecule is CNC(=O)COc1ccc(F)cc1OC(C)C. The molecule has 1 aromatic carbocycles. The van der Waals surface area contributed by atoms with Crippen LogP contribution in [0.15, 0.2) is 18.2 Å². The molecule has 0 aliphatic carbocycles. The second-order valence-electron chi connectivity index (χ2n) is 3.72. The fourth-order valence-electron chi connectivity index (χ4n) is 1.16. The van der Waals surface area contributed by atoms with E-state index in [-0.39, 0.29) is 18.6 Å². The lowest BCUT2D eigenvalue weighted by atomic mass is 10.3. The Morgan fingerprint density at radius 1 is 1.41 bits per heavy atom. The number of likely N-dealkylation sites (N-methyl/N-ethyl adjacent to an activating group) is 1. The van der Waals surface area contributed by atoms with Gasteiger partial charge in [0.25, 0.3) is 5.91 Å². The summed E-state index contributed by atoms with van der Waals surface area (Å²) < 4.78 is 23.7. The van der Waals surface area contributed by atoms with E-state index in [1.165, 1.54) is 25.2 Å². The number of halogens is 1. The maximum atomic E-state index is 13.0. The Balaban J connectivity index is 2.78. The Morgan fingerprint density at radius 3 is 2.71 bits per heavy atom. The van der Waals surface area contributed by atoms with E-state index in [2.05, 4.69) is 5.32 Å². The molecule has 1 aromatic rings. The molecule has 4 nitrogen and oxygen atoms in total. The van der Waals surface area contributed by atoms with E-state index in [9.17, 15) is 9.18 Å². The molecule has 0 saturated heterocycles. The average Bonchev–Trinajstić information content (AvgIpc) is 2.26. The summed E-state index contributed by atoms with van der Waals surface area (Å²) in [5, 5.41) is 2.43. The van der Waals surface area contributed by atoms with Crippen LogP contribution in [0.4, 0.5) is 4.39 Å². The zero-order valence-corrected chi connectivity index (χ0v) is 10.1. The predicted octanol–water partition coefficient (Wildman–Crippen LogP) is 1.74. The lowest BCUT2D eigenvalue weighted by Gasteiger charge is -2.14. The Bertz CT molecular complexity index is 393. The average molecular weight is 241 g/mol. The molecule has 0 heterocycles. The van der Waals surface area contributed by atoms with Gasteiger partial charge in [-0.3, -0.25) is 4.79 Å². The second-order valence-corrected chi connectivity index (χ2v) is 3.72. The molecular weight excluding hydrogens is 225 g/mol. The van der Waals surface area contributed by atoms with E-state index in [1.54, 1.807) is 0 Å². The molecule has 0 fully saturated rings. The first-order valence-electron chi connectivity index (χ1n) is 5.32. The van der Waals surface area contributed by atoms with E-state index in [0.717, 1.165) is 0 Å². The third-order valence-electron chi connectivity index (χ3n) is 1.91. The first-order chi connectivity index (χ1) is 8.02. The molecule has 5 heteroatoms. The zero-order valence-electron chi connectivity index (χ0n) is 10.1. The highest BCUT2D eigenvalue weighted by atomic mass is 19.1. The Morgan fingerprint density at radius 2 is 2.12 bits per heavy atom. The molecule has 0 bridgehead atoms. The molecule has 1 rings (SSSR count). The number of carbonyl (C=O) groups is 1. The van der Waals surface area contributed by atoms with Crippen LogP contribution in [0.2, 0.25) is 0 Å². The molecule has 1 amide bonds. The smallest absolute Gasteiger partial charge is 0.257 e. The highest BCUT2D eigenvalue weighted by Gasteiger charge is 2.10. The summed E-state index contributed by atoms with van der Waals surface area (Å²) >= 11 is 0. The largest absolute Gasteiger partial charge is 0.487 e. The van der Waals surface area contributed by atoms with Crippen molar-refractivity contribution in [3.05, 3.63) is 24.0 Å². The van der Waals surface area contributed by atoms with Crippen molar-refractivity contribution in [1.29, 1.82) is 0 Å². The molecular formula is C12H16FNO3. The van der Waals surface area contributed by atoms with Gasteiger partial charge >= 0.3 is 0 Å². The second kappa shape index (κ2) is 6.08. The van der Waals surface area contributed by atoms with Crippen molar-refractivity contribution in [2.75, 3.05) is 13.7 Å². The number of nitrogens with one attached hydrogen (secondary N) is 1. The van der Waals surface area contributed by atoms with Crippen molar-refractivity contribution in [2.24, 2.45) is 0 Å². The molecule has 0 radical (unpaired) electrons. The Labute approximate surface area is 99.7 Å². The molecule has 0 aliphatic rings. The molecule has 0 aliphatic heterocycles. The summed E-state index contributed by atoms with van der Waals surface area (Å²) in [6, 6.07) is 3.93. The maximum absolute atomic E-state index is 13.0. The van der Waals surface area contributed by atoms with Crippen LogP contribution in [-0.2, 0) is 4.79 Å². The third kappa shape index (κ3) is 4.30. The van der Waals surface area contributed by atoms with Crippen LogP contribution in [0, 0.1) is 5.82 Å². The number of hydrogen-bond donors (Lipinski definition) is 1. The van der Waals surface area contributed by atoms with Crippen LogP contribution >= 0.6 is 0 Å². The van der Waals surface area contributed by atoms with Crippen LogP contribution in [0.3, 0.4) is 0 Å². The molecule has 0 spiro atoms. The lowest BCUT2D eigenvalue weighted by molar-refractivity contribution is -0.122. The van der Waals surface area contributed by atoms with Gasteiger partial charge in [0.15, 0.2) is 18.1 Å². The van der Waals surface area contributed by atoms with Crippen molar-refractivity contribution in [3.8, 4) is 11.5 Å². The molecule has 0 atom stereocenters. The molecule has 94 valence electrons. The highest BCUT2D eigenvalue weighted by molar-refractivity contribution is 5.77. The van der Waals surface area contributed by atoms with Gasteiger partial charge in [0, 0.05) is 13.1 Å². The van der Waals surface area contributed by atoms with Gasteiger partial charge in [0.2, 0.25) is 0 Å². The van der Waals surface area contributed by atoms with E-state index < -0.39 is 5.82 Å². The van der Waals surface area contributed by atoms with E-state index >= 15 is 0 Å². The van der Waals surface area contributed by atoms with Crippen LogP contribution < -0.4 is 14.8 Å². The number of amides is 1. The van der Waals surface area contributed by atoms with Crippen LogP contribution in [0.1, 0.15) is 13.8 Å². The summed E-state index contributed by atoms with van der Waals surface area (Å²) in [4.78, 5) is 11.0. The fraction of sp³-hybridized carbons (Fsp3) is 0.417. The predicted molar refractivity (Wildman–Crippen MR) is 61.7 cm³/mol. The van der Waals surface area contributed by atoms with Crippen molar-refractivity contribution in [2.45, 2.75) is 20.0 Å². The molecule has 0 aromatic heterocycles. The van der Waals surface area contributed by atoms with Crippen molar-refractivity contribution >= 4 is 5.91 Å². The monoisotopic (exact) mass is 241 g/mol. The first-order valence-corrected chi connectivity index (χ1v) is 5.32. The van der Waals surface area contributed by atoms with Crippen LogP contribution in [0.5, 0.6) is 11.5 Å². The summed E-state index contributed by atoms with van der Waals surface area (Å²) in [6.45, 7) is 3.53. The summed E-state index contributed by atoms with van der Waals surface area (Å²) in [6.07, 6.45) is -0.0980. The minimum absolute atomic E-state index is 0.0980.